The van der Waals surface area contributed by atoms with Crippen LogP contribution in [0.15, 0.2) is 54.3 Å². The van der Waals surface area contributed by atoms with Crippen LogP contribution in [0.3, 0.4) is 0 Å². The maximum atomic E-state index is 12.0. The predicted octanol–water partition coefficient (Wildman–Crippen LogP) is 3.19. The van der Waals surface area contributed by atoms with Crippen molar-refractivity contribution in [2.45, 2.75) is 0 Å². The van der Waals surface area contributed by atoms with Gasteiger partial charge in [0.2, 0.25) is 0 Å². The minimum absolute atomic E-state index is 0.00339. The van der Waals surface area contributed by atoms with Crippen LogP contribution in [0, 0.1) is 10.1 Å². The number of cyclic esters (lactones) is 1. The van der Waals surface area contributed by atoms with Crippen molar-refractivity contribution in [3.63, 3.8) is 0 Å². The van der Waals surface area contributed by atoms with Crippen LogP contribution < -0.4 is 4.74 Å². The van der Waals surface area contributed by atoms with Crippen LogP contribution in [0.25, 0.3) is 6.08 Å². The topological polar surface area (TPSA) is 78.7 Å². The summed E-state index contributed by atoms with van der Waals surface area (Å²) >= 11 is 0. The number of rotatable bonds is 2. The second-order valence-electron chi connectivity index (χ2n) is 4.63. The Labute approximate surface area is 125 Å². The molecule has 0 aromatic heterocycles. The molecule has 0 N–H and O–H groups in total. The molecule has 6 nitrogen and oxygen atoms in total. The van der Waals surface area contributed by atoms with Crippen molar-refractivity contribution in [2.24, 2.45) is 0 Å². The molecule has 0 aliphatic carbocycles. The lowest BCUT2D eigenvalue weighted by molar-refractivity contribution is -0.384. The molecule has 0 spiro atoms. The van der Waals surface area contributed by atoms with E-state index in [4.69, 9.17) is 9.47 Å². The number of ether oxygens (including phenoxy) is 2. The van der Waals surface area contributed by atoms with Gasteiger partial charge in [-0.3, -0.25) is 10.1 Å². The Morgan fingerprint density at radius 3 is 2.55 bits per heavy atom. The van der Waals surface area contributed by atoms with E-state index in [1.54, 1.807) is 42.5 Å². The molecule has 22 heavy (non-hydrogen) atoms. The summed E-state index contributed by atoms with van der Waals surface area (Å²) in [5, 5.41) is 10.6. The zero-order chi connectivity index (χ0) is 15.5. The molecule has 3 rings (SSSR count). The molecule has 0 saturated carbocycles. The Balaban J connectivity index is 1.84. The first kappa shape index (κ1) is 13.8. The summed E-state index contributed by atoms with van der Waals surface area (Å²) in [7, 11) is 0. The van der Waals surface area contributed by atoms with Gasteiger partial charge >= 0.3 is 5.97 Å². The van der Waals surface area contributed by atoms with Gasteiger partial charge in [-0.1, -0.05) is 12.1 Å². The molecule has 1 heterocycles. The van der Waals surface area contributed by atoms with Gasteiger partial charge in [0.1, 0.15) is 23.7 Å². The van der Waals surface area contributed by atoms with E-state index in [1.807, 2.05) is 0 Å². The standard InChI is InChI=1S/C16H11NO5/c18-16-14-3-1-2-4-15(14)21-10-13(22-16)9-11-5-7-12(8-6-11)17(19)20/h1-9H,10H2/b13-9-. The van der Waals surface area contributed by atoms with Crippen molar-refractivity contribution in [3.05, 3.63) is 75.5 Å². The zero-order valence-corrected chi connectivity index (χ0v) is 11.4. The second-order valence-corrected chi connectivity index (χ2v) is 4.63. The summed E-state index contributed by atoms with van der Waals surface area (Å²) in [6, 6.07) is 12.8. The molecule has 0 fully saturated rings. The van der Waals surface area contributed by atoms with Crippen molar-refractivity contribution < 1.29 is 19.2 Å². The Morgan fingerprint density at radius 1 is 1.09 bits per heavy atom. The Hall–Kier alpha value is -3.15. The van der Waals surface area contributed by atoms with Gasteiger partial charge in [-0.15, -0.1) is 0 Å². The maximum Gasteiger partial charge on any atom is 0.347 e. The number of carbonyl (C=O) groups excluding carboxylic acids is 1. The van der Waals surface area contributed by atoms with E-state index in [1.165, 1.54) is 12.1 Å². The Morgan fingerprint density at radius 2 is 1.82 bits per heavy atom. The van der Waals surface area contributed by atoms with Gasteiger partial charge in [0, 0.05) is 12.1 Å². The monoisotopic (exact) mass is 297 g/mol. The molecule has 0 radical (unpaired) electrons. The SMILES string of the molecule is O=C1O/C(=C\c2ccc([N+](=O)[O-])cc2)COc2ccccc21. The highest BCUT2D eigenvalue weighted by atomic mass is 16.6. The maximum absolute atomic E-state index is 12.0. The number of esters is 1. The lowest BCUT2D eigenvalue weighted by Crippen LogP contribution is -2.04. The average molecular weight is 297 g/mol. The van der Waals surface area contributed by atoms with Crippen LogP contribution >= 0.6 is 0 Å². The lowest BCUT2D eigenvalue weighted by Gasteiger charge is -2.04. The first-order valence-electron chi connectivity index (χ1n) is 6.52. The van der Waals surface area contributed by atoms with Gasteiger partial charge in [-0.2, -0.15) is 0 Å². The number of fused-ring (bicyclic) bond motifs is 1. The van der Waals surface area contributed by atoms with Crippen LogP contribution in [-0.4, -0.2) is 17.5 Å². The lowest BCUT2D eigenvalue weighted by atomic mass is 10.2. The minimum Gasteiger partial charge on any atom is -0.485 e. The molecule has 110 valence electrons. The Kier molecular flexibility index (Phi) is 3.57. The van der Waals surface area contributed by atoms with Crippen molar-refractivity contribution in [1.82, 2.24) is 0 Å². The van der Waals surface area contributed by atoms with E-state index in [0.717, 1.165) is 0 Å². The van der Waals surface area contributed by atoms with Crippen LogP contribution in [0.2, 0.25) is 0 Å². The second kappa shape index (κ2) is 5.69. The molecule has 1 aliphatic heterocycles. The van der Waals surface area contributed by atoms with Gasteiger partial charge in [0.15, 0.2) is 0 Å². The number of benzene rings is 2. The fourth-order valence-corrected chi connectivity index (χ4v) is 2.06. The largest absolute Gasteiger partial charge is 0.485 e. The third kappa shape index (κ3) is 2.80. The number of hydrogen-bond donors (Lipinski definition) is 0. The molecule has 6 heteroatoms. The molecule has 2 aromatic carbocycles. The van der Waals surface area contributed by atoms with Gasteiger partial charge in [0.25, 0.3) is 5.69 Å². The van der Waals surface area contributed by atoms with Crippen molar-refractivity contribution >= 4 is 17.7 Å². The average Bonchev–Trinajstić information content (AvgIpc) is 2.68. The summed E-state index contributed by atoms with van der Waals surface area (Å²) in [4.78, 5) is 22.2. The fourth-order valence-electron chi connectivity index (χ4n) is 2.06. The first-order valence-corrected chi connectivity index (χ1v) is 6.52. The number of hydrogen-bond acceptors (Lipinski definition) is 5. The minimum atomic E-state index is -0.485. The quantitative estimate of drug-likeness (QED) is 0.483. The molecule has 0 bridgehead atoms. The third-order valence-corrected chi connectivity index (χ3v) is 3.13. The number of carbonyl (C=O) groups is 1. The predicted molar refractivity (Wildman–Crippen MR) is 78.4 cm³/mol. The molecule has 0 saturated heterocycles. The highest BCUT2D eigenvalue weighted by molar-refractivity contribution is 5.93. The number of nitrogens with zero attached hydrogens (tertiary/aromatic N) is 1. The molecule has 1 aliphatic rings. The van der Waals surface area contributed by atoms with E-state index < -0.39 is 10.9 Å². The van der Waals surface area contributed by atoms with E-state index in [9.17, 15) is 14.9 Å². The molecular weight excluding hydrogens is 286 g/mol. The summed E-state index contributed by atoms with van der Waals surface area (Å²) in [5.74, 6) is 0.330. The summed E-state index contributed by atoms with van der Waals surface area (Å²) in [6.45, 7) is 0.111. The summed E-state index contributed by atoms with van der Waals surface area (Å²) < 4.78 is 10.8. The molecule has 2 aromatic rings. The van der Waals surface area contributed by atoms with Crippen molar-refractivity contribution in [2.75, 3.05) is 6.61 Å². The molecule has 0 unspecified atom stereocenters. The van der Waals surface area contributed by atoms with Gasteiger partial charge in [-0.25, -0.2) is 4.79 Å². The van der Waals surface area contributed by atoms with Gasteiger partial charge in [0.05, 0.1) is 4.92 Å². The van der Waals surface area contributed by atoms with Crippen molar-refractivity contribution in [1.29, 1.82) is 0 Å². The molecule has 0 amide bonds. The Bertz CT molecular complexity index is 764. The van der Waals surface area contributed by atoms with Crippen LogP contribution in [0.4, 0.5) is 5.69 Å². The number of para-hydroxylation sites is 1. The van der Waals surface area contributed by atoms with Crippen molar-refractivity contribution in [3.8, 4) is 5.75 Å². The van der Waals surface area contributed by atoms with E-state index in [-0.39, 0.29) is 12.3 Å². The van der Waals surface area contributed by atoms with E-state index >= 15 is 0 Å². The molecule has 0 atom stereocenters. The zero-order valence-electron chi connectivity index (χ0n) is 11.4. The normalized spacial score (nSPS) is 15.5. The van der Waals surface area contributed by atoms with Crippen LogP contribution in [0.1, 0.15) is 15.9 Å². The van der Waals surface area contributed by atoms with Gasteiger partial charge in [-0.05, 0) is 35.9 Å². The summed E-state index contributed by atoms with van der Waals surface area (Å²) in [5.41, 5.74) is 1.06. The number of nitro benzene ring substituents is 1. The highest BCUT2D eigenvalue weighted by Gasteiger charge is 2.20. The van der Waals surface area contributed by atoms with E-state index in [0.29, 0.717) is 22.6 Å². The highest BCUT2D eigenvalue weighted by Crippen LogP contribution is 2.25. The smallest absolute Gasteiger partial charge is 0.347 e. The number of nitro groups is 1. The van der Waals surface area contributed by atoms with Gasteiger partial charge < -0.3 is 9.47 Å². The first-order chi connectivity index (χ1) is 10.6. The summed E-state index contributed by atoms with van der Waals surface area (Å²) in [6.07, 6.45) is 1.62. The third-order valence-electron chi connectivity index (χ3n) is 3.13. The fraction of sp³-hybridized carbons (Fsp3) is 0.0625. The van der Waals surface area contributed by atoms with Crippen LogP contribution in [-0.2, 0) is 4.74 Å². The van der Waals surface area contributed by atoms with E-state index in [2.05, 4.69) is 0 Å². The number of non-ortho nitro benzene ring substituents is 1. The van der Waals surface area contributed by atoms with Crippen LogP contribution in [0.5, 0.6) is 5.75 Å². The molecular formula is C16H11NO5.